The Hall–Kier alpha value is -2.93. The lowest BCUT2D eigenvalue weighted by Gasteiger charge is -2.44. The number of carbonyl (C=O) groups excluding carboxylic acids is 1. The van der Waals surface area contributed by atoms with Gasteiger partial charge in [-0.2, -0.15) is 0 Å². The van der Waals surface area contributed by atoms with Crippen molar-refractivity contribution in [3.05, 3.63) is 96.6 Å². The molecule has 5 nitrogen and oxygen atoms in total. The van der Waals surface area contributed by atoms with Crippen molar-refractivity contribution in [1.29, 1.82) is 0 Å². The molecule has 0 fully saturated rings. The summed E-state index contributed by atoms with van der Waals surface area (Å²) in [5, 5.41) is 5.47. The Bertz CT molecular complexity index is 1310. The summed E-state index contributed by atoms with van der Waals surface area (Å²) in [7, 11) is -2.86. The first kappa shape index (κ1) is 43.5. The van der Waals surface area contributed by atoms with Crippen LogP contribution in [0.4, 0.5) is 4.79 Å². The van der Waals surface area contributed by atoms with Crippen LogP contribution >= 0.6 is 0 Å². The average molecular weight is 730 g/mol. The zero-order chi connectivity index (χ0) is 37.7. The topological polar surface area (TPSA) is 56.8 Å². The van der Waals surface area contributed by atoms with Gasteiger partial charge in [0.05, 0.1) is 25.4 Å². The summed E-state index contributed by atoms with van der Waals surface area (Å²) in [6.07, 6.45) is 17.1. The van der Waals surface area contributed by atoms with Crippen LogP contribution in [0.3, 0.4) is 0 Å². The molecule has 6 heteroatoms. The molecule has 52 heavy (non-hydrogen) atoms. The van der Waals surface area contributed by atoms with Gasteiger partial charge >= 0.3 is 6.09 Å². The SMILES string of the molecule is CCCCCCCCCCCCCCC[C@@H](OCc1ccccc1)[C@H](CO[Si](c1ccccc1)(c1ccccc1)C(C)(C)C)NC(=O)OC(C)(C)C. The Morgan fingerprint density at radius 1 is 0.635 bits per heavy atom. The van der Waals surface area contributed by atoms with Gasteiger partial charge in [0, 0.05) is 0 Å². The summed E-state index contributed by atoms with van der Waals surface area (Å²) in [4.78, 5) is 13.5. The molecule has 0 aromatic heterocycles. The number of alkyl carbamates (subject to hydrolysis) is 1. The van der Waals surface area contributed by atoms with E-state index in [9.17, 15) is 4.79 Å². The van der Waals surface area contributed by atoms with Crippen LogP contribution in [0, 0.1) is 0 Å². The molecule has 0 aliphatic rings. The second kappa shape index (κ2) is 23.0. The van der Waals surface area contributed by atoms with Crippen molar-refractivity contribution < 1.29 is 18.7 Å². The van der Waals surface area contributed by atoms with E-state index in [2.05, 4.69) is 106 Å². The number of carbonyl (C=O) groups is 1. The van der Waals surface area contributed by atoms with Gasteiger partial charge in [0.15, 0.2) is 0 Å². The molecule has 0 aliphatic carbocycles. The number of hydrogen-bond acceptors (Lipinski definition) is 4. The summed E-state index contributed by atoms with van der Waals surface area (Å²) in [5.41, 5.74) is 0.491. The summed E-state index contributed by atoms with van der Waals surface area (Å²) in [6, 6.07) is 31.3. The fraction of sp³-hybridized carbons (Fsp3) is 0.587. The van der Waals surface area contributed by atoms with Crippen molar-refractivity contribution >= 4 is 24.8 Å². The minimum absolute atomic E-state index is 0.193. The Balaban J connectivity index is 1.79. The lowest BCUT2D eigenvalue weighted by atomic mass is 10.0. The Morgan fingerprint density at radius 2 is 1.08 bits per heavy atom. The molecule has 288 valence electrons. The van der Waals surface area contributed by atoms with Crippen LogP contribution in [0.25, 0.3) is 0 Å². The van der Waals surface area contributed by atoms with E-state index in [1.54, 1.807) is 0 Å². The molecule has 0 saturated heterocycles. The van der Waals surface area contributed by atoms with Crippen molar-refractivity contribution in [2.45, 2.75) is 168 Å². The van der Waals surface area contributed by atoms with Gasteiger partial charge in [0.1, 0.15) is 5.60 Å². The third kappa shape index (κ3) is 15.2. The van der Waals surface area contributed by atoms with E-state index in [-0.39, 0.29) is 11.1 Å². The predicted molar refractivity (Wildman–Crippen MR) is 222 cm³/mol. The second-order valence-corrected chi connectivity index (χ2v) is 20.9. The maximum Gasteiger partial charge on any atom is 0.408 e. The smallest absolute Gasteiger partial charge is 0.408 e. The molecule has 0 saturated carbocycles. The number of benzene rings is 3. The highest BCUT2D eigenvalue weighted by Crippen LogP contribution is 2.37. The molecule has 3 rings (SSSR count). The Morgan fingerprint density at radius 3 is 1.52 bits per heavy atom. The minimum Gasteiger partial charge on any atom is -0.444 e. The molecule has 0 unspecified atom stereocenters. The lowest BCUT2D eigenvalue weighted by molar-refractivity contribution is -0.0105. The first-order valence-corrected chi connectivity index (χ1v) is 22.3. The van der Waals surface area contributed by atoms with Crippen LogP contribution in [0.2, 0.25) is 5.04 Å². The van der Waals surface area contributed by atoms with E-state index in [0.29, 0.717) is 13.2 Å². The van der Waals surface area contributed by atoms with Crippen LogP contribution in [-0.4, -0.2) is 38.8 Å². The molecule has 3 aromatic carbocycles. The van der Waals surface area contributed by atoms with E-state index in [4.69, 9.17) is 13.9 Å². The number of unbranched alkanes of at least 4 members (excludes halogenated alkanes) is 12. The largest absolute Gasteiger partial charge is 0.444 e. The van der Waals surface area contributed by atoms with Crippen molar-refractivity contribution in [2.24, 2.45) is 0 Å². The van der Waals surface area contributed by atoms with Crippen molar-refractivity contribution in [3.63, 3.8) is 0 Å². The highest BCUT2D eigenvalue weighted by Gasteiger charge is 2.50. The fourth-order valence-corrected chi connectivity index (χ4v) is 11.8. The van der Waals surface area contributed by atoms with Crippen LogP contribution in [0.5, 0.6) is 0 Å². The maximum atomic E-state index is 13.5. The van der Waals surface area contributed by atoms with Crippen LogP contribution in [-0.2, 0) is 20.5 Å². The van der Waals surface area contributed by atoms with E-state index in [1.165, 1.54) is 81.0 Å². The van der Waals surface area contributed by atoms with Crippen LogP contribution in [0.15, 0.2) is 91.0 Å². The third-order valence-corrected chi connectivity index (χ3v) is 15.0. The molecule has 0 aliphatic heterocycles. The highest BCUT2D eigenvalue weighted by molar-refractivity contribution is 6.99. The number of nitrogens with one attached hydrogen (secondary N) is 1. The molecule has 1 N–H and O–H groups in total. The second-order valence-electron chi connectivity index (χ2n) is 16.6. The zero-order valence-electron chi connectivity index (χ0n) is 33.8. The predicted octanol–water partition coefficient (Wildman–Crippen LogP) is 11.5. The number of ether oxygens (including phenoxy) is 2. The van der Waals surface area contributed by atoms with Crippen molar-refractivity contribution in [2.75, 3.05) is 6.61 Å². The quantitative estimate of drug-likeness (QED) is 0.0737. The molecular weight excluding hydrogens is 659 g/mol. The normalized spacial score (nSPS) is 13.4. The molecule has 0 radical (unpaired) electrons. The van der Waals surface area contributed by atoms with Crippen LogP contribution in [0.1, 0.15) is 144 Å². The third-order valence-electron chi connectivity index (χ3n) is 9.95. The molecule has 0 spiro atoms. The van der Waals surface area contributed by atoms with E-state index < -0.39 is 26.1 Å². The first-order chi connectivity index (χ1) is 25.0. The first-order valence-electron chi connectivity index (χ1n) is 20.4. The lowest BCUT2D eigenvalue weighted by Crippen LogP contribution is -2.68. The summed E-state index contributed by atoms with van der Waals surface area (Å²) in [6.45, 7) is 15.6. The van der Waals surface area contributed by atoms with Gasteiger partial charge in [-0.1, -0.05) is 202 Å². The number of hydrogen-bond donors (Lipinski definition) is 1. The van der Waals surface area contributed by atoms with Crippen molar-refractivity contribution in [3.8, 4) is 0 Å². The van der Waals surface area contributed by atoms with Gasteiger partial charge in [0.2, 0.25) is 0 Å². The Labute approximate surface area is 318 Å². The zero-order valence-corrected chi connectivity index (χ0v) is 34.8. The number of rotatable bonds is 24. The standard InChI is InChI=1S/C46H71NO4Si/c1-8-9-10-11-12-13-14-15-16-17-18-19-29-36-43(49-37-39-30-23-20-24-31-39)42(47-44(48)51-45(2,3)4)38-50-52(46(5,6)7,40-32-25-21-26-33-40)41-34-27-22-28-35-41/h20-28,30-35,42-43H,8-19,29,36-38H2,1-7H3,(H,47,48)/t42-,43+/m0/s1. The minimum atomic E-state index is -2.86. The van der Waals surface area contributed by atoms with E-state index in [1.807, 2.05) is 39.0 Å². The van der Waals surface area contributed by atoms with E-state index >= 15 is 0 Å². The fourth-order valence-electron chi connectivity index (χ4n) is 7.22. The summed E-state index contributed by atoms with van der Waals surface area (Å²) in [5.74, 6) is 0. The Kier molecular flexibility index (Phi) is 19.2. The van der Waals surface area contributed by atoms with Gasteiger partial charge in [-0.3, -0.25) is 0 Å². The summed E-state index contributed by atoms with van der Waals surface area (Å²) >= 11 is 0. The van der Waals surface area contributed by atoms with Gasteiger partial charge in [0.25, 0.3) is 8.32 Å². The molecule has 2 atom stereocenters. The van der Waals surface area contributed by atoms with E-state index in [0.717, 1.165) is 24.8 Å². The van der Waals surface area contributed by atoms with Gasteiger partial charge < -0.3 is 19.2 Å². The number of amides is 1. The maximum absolute atomic E-state index is 13.5. The van der Waals surface area contributed by atoms with Gasteiger partial charge in [-0.05, 0) is 48.2 Å². The highest BCUT2D eigenvalue weighted by atomic mass is 28.4. The molecule has 3 aromatic rings. The molecule has 0 heterocycles. The monoisotopic (exact) mass is 730 g/mol. The van der Waals surface area contributed by atoms with Gasteiger partial charge in [-0.25, -0.2) is 4.79 Å². The molecule has 1 amide bonds. The summed E-state index contributed by atoms with van der Waals surface area (Å²) < 4.78 is 20.0. The average Bonchev–Trinajstić information content (AvgIpc) is 3.11. The van der Waals surface area contributed by atoms with Gasteiger partial charge in [-0.15, -0.1) is 0 Å². The molecule has 0 bridgehead atoms. The van der Waals surface area contributed by atoms with Crippen molar-refractivity contribution in [1.82, 2.24) is 5.32 Å². The molecular formula is C46H71NO4Si. The van der Waals surface area contributed by atoms with Crippen LogP contribution < -0.4 is 15.7 Å².